The third-order valence-corrected chi connectivity index (χ3v) is 7.02. The summed E-state index contributed by atoms with van der Waals surface area (Å²) < 4.78 is 0. The summed E-state index contributed by atoms with van der Waals surface area (Å²) in [6.45, 7) is 16.1. The molecule has 3 unspecified atom stereocenters. The highest BCUT2D eigenvalue weighted by molar-refractivity contribution is 6.21. The Kier molecular flexibility index (Phi) is 5.72. The van der Waals surface area contributed by atoms with Gasteiger partial charge in [0, 0.05) is 24.0 Å². The van der Waals surface area contributed by atoms with Crippen molar-refractivity contribution in [3.63, 3.8) is 0 Å². The molecule has 2 heterocycles. The minimum atomic E-state index is -0.0488. The van der Waals surface area contributed by atoms with Gasteiger partial charge in [-0.05, 0) is 69.1 Å². The van der Waals surface area contributed by atoms with E-state index in [1.54, 1.807) is 0 Å². The molecular formula is C23H33ClN2. The lowest BCUT2D eigenvalue weighted by molar-refractivity contribution is 0.0413. The highest BCUT2D eigenvalue weighted by Crippen LogP contribution is 2.43. The second kappa shape index (κ2) is 7.68. The maximum absolute atomic E-state index is 6.79. The molecule has 0 spiro atoms. The number of nitrogens with zero attached hydrogens (tertiary/aromatic N) is 1. The molecular weight excluding hydrogens is 340 g/mol. The van der Waals surface area contributed by atoms with Gasteiger partial charge in [0.1, 0.15) is 0 Å². The van der Waals surface area contributed by atoms with Crippen LogP contribution in [-0.4, -0.2) is 28.4 Å². The Balaban J connectivity index is 1.66. The fourth-order valence-corrected chi connectivity index (χ4v) is 4.88. The summed E-state index contributed by atoms with van der Waals surface area (Å²) in [4.78, 5) is 2.53. The quantitative estimate of drug-likeness (QED) is 0.637. The lowest BCUT2D eigenvalue weighted by Gasteiger charge is -2.57. The van der Waals surface area contributed by atoms with E-state index in [2.05, 4.69) is 62.3 Å². The van der Waals surface area contributed by atoms with E-state index in [-0.39, 0.29) is 10.9 Å². The van der Waals surface area contributed by atoms with Crippen LogP contribution in [-0.2, 0) is 6.42 Å². The number of alkyl halides is 1. The van der Waals surface area contributed by atoms with Crippen LogP contribution in [0.1, 0.15) is 55.7 Å². The van der Waals surface area contributed by atoms with Gasteiger partial charge in [-0.1, -0.05) is 38.3 Å². The second-order valence-corrected chi connectivity index (χ2v) is 8.77. The fourth-order valence-electron chi connectivity index (χ4n) is 4.44. The van der Waals surface area contributed by atoms with Crippen LogP contribution in [0.15, 0.2) is 42.8 Å². The van der Waals surface area contributed by atoms with Gasteiger partial charge in [0.05, 0.1) is 10.9 Å². The standard InChI is InChI=1S/C23H33ClN2/c1-6-18(4)25-23-12-11-21(14-22(23)24)26(15-23)19(5)8-10-20-9-7-16(2)17(3)13-20/h7,9,13,21-22,25H,4-6,8,10-12,14-15H2,1-3H3. The molecule has 2 nitrogen and oxygen atoms in total. The van der Waals surface area contributed by atoms with Gasteiger partial charge < -0.3 is 10.2 Å². The van der Waals surface area contributed by atoms with E-state index in [0.717, 1.165) is 44.3 Å². The first-order valence-electron chi connectivity index (χ1n) is 9.95. The van der Waals surface area contributed by atoms with Crippen LogP contribution in [0.25, 0.3) is 0 Å². The number of halogens is 1. The lowest BCUT2D eigenvalue weighted by atomic mass is 9.72. The minimum Gasteiger partial charge on any atom is -0.380 e. The van der Waals surface area contributed by atoms with Gasteiger partial charge in [0.15, 0.2) is 0 Å². The van der Waals surface area contributed by atoms with E-state index in [9.17, 15) is 0 Å². The summed E-state index contributed by atoms with van der Waals surface area (Å²) in [7, 11) is 0. The van der Waals surface area contributed by atoms with Crippen LogP contribution in [0.2, 0.25) is 0 Å². The van der Waals surface area contributed by atoms with E-state index in [4.69, 9.17) is 11.6 Å². The average molecular weight is 373 g/mol. The van der Waals surface area contributed by atoms with Crippen molar-refractivity contribution in [2.45, 2.75) is 76.3 Å². The molecule has 0 amide bonds. The largest absolute Gasteiger partial charge is 0.380 e. The molecule has 1 aliphatic carbocycles. The number of hydrogen-bond acceptors (Lipinski definition) is 2. The minimum absolute atomic E-state index is 0.0488. The summed E-state index contributed by atoms with van der Waals surface area (Å²) >= 11 is 6.79. The molecule has 1 saturated carbocycles. The van der Waals surface area contributed by atoms with Crippen molar-refractivity contribution in [2.75, 3.05) is 6.54 Å². The maximum Gasteiger partial charge on any atom is 0.0709 e. The Morgan fingerprint density at radius 1 is 1.31 bits per heavy atom. The summed E-state index contributed by atoms with van der Waals surface area (Å²) in [5.41, 5.74) is 6.43. The normalized spacial score (nSPS) is 27.5. The van der Waals surface area contributed by atoms with Crippen molar-refractivity contribution in [2.24, 2.45) is 0 Å². The van der Waals surface area contributed by atoms with Gasteiger partial charge >= 0.3 is 0 Å². The van der Waals surface area contributed by atoms with Crippen molar-refractivity contribution in [3.05, 3.63) is 59.4 Å². The number of allylic oxidation sites excluding steroid dienone is 2. The van der Waals surface area contributed by atoms with Crippen molar-refractivity contribution in [1.29, 1.82) is 0 Å². The molecule has 2 aliphatic heterocycles. The van der Waals surface area contributed by atoms with Crippen molar-refractivity contribution in [1.82, 2.24) is 10.2 Å². The lowest BCUT2D eigenvalue weighted by Crippen LogP contribution is -2.68. The van der Waals surface area contributed by atoms with Crippen LogP contribution < -0.4 is 5.32 Å². The van der Waals surface area contributed by atoms with Crippen LogP contribution in [0, 0.1) is 13.8 Å². The smallest absolute Gasteiger partial charge is 0.0709 e. The fraction of sp³-hybridized carbons (Fsp3) is 0.565. The van der Waals surface area contributed by atoms with E-state index < -0.39 is 0 Å². The van der Waals surface area contributed by atoms with Crippen molar-refractivity contribution < 1.29 is 0 Å². The Hall–Kier alpha value is -1.41. The number of piperidine rings is 2. The molecule has 142 valence electrons. The summed E-state index contributed by atoms with van der Waals surface area (Å²) in [6, 6.07) is 7.34. The van der Waals surface area contributed by atoms with E-state index in [1.165, 1.54) is 28.8 Å². The average Bonchev–Trinajstić information content (AvgIpc) is 2.63. The highest BCUT2D eigenvalue weighted by Gasteiger charge is 2.50. The molecule has 26 heavy (non-hydrogen) atoms. The topological polar surface area (TPSA) is 15.3 Å². The van der Waals surface area contributed by atoms with Crippen molar-refractivity contribution in [3.8, 4) is 0 Å². The first-order chi connectivity index (χ1) is 12.3. The van der Waals surface area contributed by atoms with Gasteiger partial charge in [-0.25, -0.2) is 0 Å². The number of hydrogen-bond donors (Lipinski definition) is 1. The van der Waals surface area contributed by atoms with Gasteiger partial charge in [-0.2, -0.15) is 0 Å². The predicted molar refractivity (Wildman–Crippen MR) is 113 cm³/mol. The van der Waals surface area contributed by atoms with Gasteiger partial charge in [-0.15, -0.1) is 11.6 Å². The van der Waals surface area contributed by atoms with E-state index in [1.807, 2.05) is 0 Å². The molecule has 3 atom stereocenters. The molecule has 3 fully saturated rings. The Morgan fingerprint density at radius 2 is 2.08 bits per heavy atom. The SMILES string of the molecule is C=C(CC)NC12CCC(CC1Cl)N(C(=C)CCc1ccc(C)c(C)c1)C2. The number of fused-ring (bicyclic) bond motifs is 3. The molecule has 1 aromatic rings. The van der Waals surface area contributed by atoms with Crippen molar-refractivity contribution >= 4 is 11.6 Å². The van der Waals surface area contributed by atoms with Gasteiger partial charge in [0.2, 0.25) is 0 Å². The summed E-state index contributed by atoms with van der Waals surface area (Å²) in [6.07, 6.45) is 6.37. The molecule has 0 radical (unpaired) electrons. The number of benzene rings is 1. The zero-order chi connectivity index (χ0) is 18.9. The molecule has 1 aromatic carbocycles. The zero-order valence-electron chi connectivity index (χ0n) is 16.6. The number of nitrogens with one attached hydrogen (secondary N) is 1. The molecule has 2 saturated heterocycles. The Bertz CT molecular complexity index is 695. The highest BCUT2D eigenvalue weighted by atomic mass is 35.5. The summed E-state index contributed by atoms with van der Waals surface area (Å²) in [5.74, 6) is 0. The summed E-state index contributed by atoms with van der Waals surface area (Å²) in [5, 5.41) is 3.86. The third-order valence-electron chi connectivity index (χ3n) is 6.43. The molecule has 3 aliphatic rings. The molecule has 3 heteroatoms. The van der Waals surface area contributed by atoms with Gasteiger partial charge in [0.25, 0.3) is 0 Å². The number of aryl methyl sites for hydroxylation is 3. The van der Waals surface area contributed by atoms with E-state index >= 15 is 0 Å². The van der Waals surface area contributed by atoms with Crippen LogP contribution >= 0.6 is 11.6 Å². The molecule has 0 aromatic heterocycles. The van der Waals surface area contributed by atoms with Crippen LogP contribution in [0.5, 0.6) is 0 Å². The van der Waals surface area contributed by atoms with Crippen LogP contribution in [0.3, 0.4) is 0 Å². The zero-order valence-corrected chi connectivity index (χ0v) is 17.3. The molecule has 2 bridgehead atoms. The third kappa shape index (κ3) is 3.81. The molecule has 4 rings (SSSR count). The van der Waals surface area contributed by atoms with Crippen LogP contribution in [0.4, 0.5) is 0 Å². The molecule has 1 N–H and O–H groups in total. The number of rotatable bonds is 7. The maximum atomic E-state index is 6.79. The Labute approximate surface area is 164 Å². The predicted octanol–water partition coefficient (Wildman–Crippen LogP) is 5.48. The van der Waals surface area contributed by atoms with E-state index in [0.29, 0.717) is 6.04 Å². The Morgan fingerprint density at radius 3 is 2.73 bits per heavy atom. The first-order valence-corrected chi connectivity index (χ1v) is 10.4. The monoisotopic (exact) mass is 372 g/mol. The first kappa shape index (κ1) is 19.4. The van der Waals surface area contributed by atoms with Gasteiger partial charge in [-0.3, -0.25) is 0 Å². The second-order valence-electron chi connectivity index (χ2n) is 8.25.